The summed E-state index contributed by atoms with van der Waals surface area (Å²) in [6, 6.07) is 6.71. The van der Waals surface area contributed by atoms with Gasteiger partial charge in [0.05, 0.1) is 5.56 Å². The van der Waals surface area contributed by atoms with E-state index in [0.717, 1.165) is 6.07 Å². The first-order chi connectivity index (χ1) is 9.97. The lowest BCUT2D eigenvalue weighted by atomic mass is 10.0. The van der Waals surface area contributed by atoms with Gasteiger partial charge in [-0.2, -0.15) is 5.10 Å². The van der Waals surface area contributed by atoms with Crippen LogP contribution in [0.15, 0.2) is 39.4 Å². The van der Waals surface area contributed by atoms with Gasteiger partial charge in [0.15, 0.2) is 10.4 Å². The maximum absolute atomic E-state index is 14.1. The molecule has 0 fully saturated rings. The van der Waals surface area contributed by atoms with Crippen molar-refractivity contribution in [3.05, 3.63) is 46.6 Å². The zero-order chi connectivity index (χ0) is 15.1. The van der Waals surface area contributed by atoms with Crippen LogP contribution in [0, 0.1) is 11.6 Å². The van der Waals surface area contributed by atoms with Gasteiger partial charge in [-0.1, -0.05) is 0 Å². The summed E-state index contributed by atoms with van der Waals surface area (Å²) in [4.78, 5) is 0. The van der Waals surface area contributed by atoms with Crippen molar-refractivity contribution in [2.75, 3.05) is 5.73 Å². The van der Waals surface area contributed by atoms with Crippen LogP contribution < -0.4 is 5.73 Å². The fourth-order valence-corrected chi connectivity index (χ4v) is 2.42. The molecule has 2 N–H and O–H groups in total. The first kappa shape index (κ1) is 13.8. The Balaban J connectivity index is 2.26. The molecule has 0 saturated heterocycles. The molecule has 7 heteroatoms. The van der Waals surface area contributed by atoms with Gasteiger partial charge in [0, 0.05) is 18.7 Å². The zero-order valence-corrected chi connectivity index (χ0v) is 12.5. The molecule has 2 heterocycles. The molecule has 0 radical (unpaired) electrons. The molecule has 0 saturated carbocycles. The Morgan fingerprint density at radius 2 is 2.00 bits per heavy atom. The Kier molecular flexibility index (Phi) is 3.29. The van der Waals surface area contributed by atoms with Gasteiger partial charge in [-0.25, -0.2) is 8.78 Å². The Morgan fingerprint density at radius 1 is 1.24 bits per heavy atom. The number of rotatable bonds is 2. The maximum atomic E-state index is 14.1. The summed E-state index contributed by atoms with van der Waals surface area (Å²) in [5.41, 5.74) is 6.91. The van der Waals surface area contributed by atoms with Gasteiger partial charge >= 0.3 is 0 Å². The average Bonchev–Trinajstić information content (AvgIpc) is 2.96. The first-order valence-corrected chi connectivity index (χ1v) is 6.80. The quantitative estimate of drug-likeness (QED) is 0.758. The molecule has 108 valence electrons. The summed E-state index contributed by atoms with van der Waals surface area (Å²) >= 11 is 3.20. The van der Waals surface area contributed by atoms with Crippen molar-refractivity contribution in [1.29, 1.82) is 0 Å². The predicted molar refractivity (Wildman–Crippen MR) is 78.4 cm³/mol. The molecule has 0 aliphatic carbocycles. The highest BCUT2D eigenvalue weighted by atomic mass is 79.9. The highest BCUT2D eigenvalue weighted by Gasteiger charge is 2.22. The lowest BCUT2D eigenvalue weighted by molar-refractivity contribution is 0.552. The van der Waals surface area contributed by atoms with E-state index in [2.05, 4.69) is 21.0 Å². The molecule has 4 nitrogen and oxygen atoms in total. The van der Waals surface area contributed by atoms with E-state index in [0.29, 0.717) is 21.7 Å². The van der Waals surface area contributed by atoms with Gasteiger partial charge < -0.3 is 10.2 Å². The molecule has 0 aliphatic heterocycles. The monoisotopic (exact) mass is 353 g/mol. The van der Waals surface area contributed by atoms with Crippen LogP contribution in [0.3, 0.4) is 0 Å². The van der Waals surface area contributed by atoms with E-state index >= 15 is 0 Å². The van der Waals surface area contributed by atoms with Gasteiger partial charge in [0.1, 0.15) is 23.1 Å². The molecule has 0 amide bonds. The van der Waals surface area contributed by atoms with Crippen molar-refractivity contribution < 1.29 is 13.2 Å². The number of hydrogen-bond acceptors (Lipinski definition) is 3. The number of furan rings is 1. The van der Waals surface area contributed by atoms with Crippen molar-refractivity contribution in [3.63, 3.8) is 0 Å². The molecule has 0 bridgehead atoms. The molecule has 0 unspecified atom stereocenters. The van der Waals surface area contributed by atoms with Crippen molar-refractivity contribution >= 4 is 21.7 Å². The second-order valence-electron chi connectivity index (χ2n) is 4.46. The third kappa shape index (κ3) is 2.33. The lowest BCUT2D eigenvalue weighted by Crippen LogP contribution is -1.98. The minimum absolute atomic E-state index is 0.171. The van der Waals surface area contributed by atoms with E-state index in [4.69, 9.17) is 10.2 Å². The summed E-state index contributed by atoms with van der Waals surface area (Å²) in [6.07, 6.45) is 0. The van der Waals surface area contributed by atoms with Gasteiger partial charge in [-0.05, 0) is 40.2 Å². The Hall–Kier alpha value is -2.15. The largest absolute Gasteiger partial charge is 0.448 e. The number of nitrogen functional groups attached to an aromatic ring is 1. The van der Waals surface area contributed by atoms with Gasteiger partial charge in [0.2, 0.25) is 0 Å². The van der Waals surface area contributed by atoms with E-state index in [1.807, 2.05) is 0 Å². The zero-order valence-electron chi connectivity index (χ0n) is 10.9. The lowest BCUT2D eigenvalue weighted by Gasteiger charge is -2.04. The molecule has 1 aromatic carbocycles. The average molecular weight is 354 g/mol. The number of benzene rings is 1. The highest BCUT2D eigenvalue weighted by molar-refractivity contribution is 9.10. The van der Waals surface area contributed by atoms with E-state index < -0.39 is 11.6 Å². The fourth-order valence-electron chi connectivity index (χ4n) is 2.11. The SMILES string of the molecule is Cn1nc(-c2ccc(Br)o2)c(-c2ccc(F)cc2F)c1N. The maximum Gasteiger partial charge on any atom is 0.169 e. The molecule has 0 atom stereocenters. The third-order valence-corrected chi connectivity index (χ3v) is 3.52. The first-order valence-electron chi connectivity index (χ1n) is 6.01. The van der Waals surface area contributed by atoms with Crippen LogP contribution >= 0.6 is 15.9 Å². The fraction of sp³-hybridized carbons (Fsp3) is 0.0714. The Morgan fingerprint density at radius 3 is 2.62 bits per heavy atom. The van der Waals surface area contributed by atoms with Crippen LogP contribution in [-0.4, -0.2) is 9.78 Å². The van der Waals surface area contributed by atoms with Crippen LogP contribution in [-0.2, 0) is 7.05 Å². The minimum Gasteiger partial charge on any atom is -0.448 e. The molecule has 21 heavy (non-hydrogen) atoms. The number of nitrogens with two attached hydrogens (primary N) is 1. The summed E-state index contributed by atoms with van der Waals surface area (Å²) in [7, 11) is 1.64. The van der Waals surface area contributed by atoms with Crippen molar-refractivity contribution in [1.82, 2.24) is 9.78 Å². The summed E-state index contributed by atoms with van der Waals surface area (Å²) in [5, 5.41) is 4.25. The van der Waals surface area contributed by atoms with Crippen molar-refractivity contribution in [2.24, 2.45) is 7.05 Å². The Labute approximate surface area is 127 Å². The Bertz CT molecular complexity index is 826. The van der Waals surface area contributed by atoms with Crippen LogP contribution in [0.1, 0.15) is 0 Å². The molecule has 3 aromatic rings. The topological polar surface area (TPSA) is 57.0 Å². The number of anilines is 1. The highest BCUT2D eigenvalue weighted by Crippen LogP contribution is 2.38. The molecule has 0 aliphatic rings. The molecular weight excluding hydrogens is 344 g/mol. The van der Waals surface area contributed by atoms with Crippen LogP contribution in [0.5, 0.6) is 0 Å². The van der Waals surface area contributed by atoms with Gasteiger partial charge in [0.25, 0.3) is 0 Å². The van der Waals surface area contributed by atoms with E-state index in [9.17, 15) is 8.78 Å². The normalized spacial score (nSPS) is 11.0. The van der Waals surface area contributed by atoms with Crippen molar-refractivity contribution in [2.45, 2.75) is 0 Å². The molecule has 2 aromatic heterocycles. The van der Waals surface area contributed by atoms with E-state index in [-0.39, 0.29) is 11.4 Å². The number of aromatic nitrogens is 2. The van der Waals surface area contributed by atoms with Crippen LogP contribution in [0.2, 0.25) is 0 Å². The number of halogens is 3. The number of aryl methyl sites for hydroxylation is 1. The third-order valence-electron chi connectivity index (χ3n) is 3.10. The molecule has 0 spiro atoms. The summed E-state index contributed by atoms with van der Waals surface area (Å²) < 4.78 is 34.5. The number of nitrogens with zero attached hydrogens (tertiary/aromatic N) is 2. The second-order valence-corrected chi connectivity index (χ2v) is 5.24. The van der Waals surface area contributed by atoms with Crippen molar-refractivity contribution in [3.8, 4) is 22.6 Å². The second kappa shape index (κ2) is 5.00. The van der Waals surface area contributed by atoms with E-state index in [1.54, 1.807) is 19.2 Å². The van der Waals surface area contributed by atoms with Gasteiger partial charge in [-0.3, -0.25) is 4.68 Å². The van der Waals surface area contributed by atoms with Crippen LogP contribution in [0.4, 0.5) is 14.6 Å². The smallest absolute Gasteiger partial charge is 0.169 e. The van der Waals surface area contributed by atoms with Gasteiger partial charge in [-0.15, -0.1) is 0 Å². The standard InChI is InChI=1S/C14H10BrF2N3O/c1-20-14(18)12(8-3-2-7(16)6-9(8)17)13(19-20)10-4-5-11(15)21-10/h2-6H,18H2,1H3. The predicted octanol–water partition coefficient (Wildman–Crippen LogP) is 3.97. The summed E-state index contributed by atoms with van der Waals surface area (Å²) in [6.45, 7) is 0. The molecular formula is C14H10BrF2N3O. The van der Waals surface area contributed by atoms with Crippen LogP contribution in [0.25, 0.3) is 22.6 Å². The number of hydrogen-bond donors (Lipinski definition) is 1. The van der Waals surface area contributed by atoms with E-state index in [1.165, 1.54) is 16.8 Å². The summed E-state index contributed by atoms with van der Waals surface area (Å²) in [5.74, 6) is -0.654. The minimum atomic E-state index is -0.707. The molecule has 3 rings (SSSR count).